The van der Waals surface area contributed by atoms with E-state index in [9.17, 15) is 14.0 Å². The molecule has 2 rings (SSSR count). The number of benzene rings is 2. The third-order valence-electron chi connectivity index (χ3n) is 3.26. The van der Waals surface area contributed by atoms with Crippen LogP contribution in [-0.2, 0) is 14.3 Å². The van der Waals surface area contributed by atoms with Crippen LogP contribution in [0.5, 0.6) is 0 Å². The van der Waals surface area contributed by atoms with Crippen LogP contribution in [0.1, 0.15) is 17.2 Å². The van der Waals surface area contributed by atoms with E-state index < -0.39 is 17.9 Å². The number of hydrogen-bond donors (Lipinski definition) is 0. The van der Waals surface area contributed by atoms with Gasteiger partial charge < -0.3 is 9.64 Å². The molecule has 2 aromatic rings. The highest BCUT2D eigenvalue weighted by Gasteiger charge is 2.25. The van der Waals surface area contributed by atoms with E-state index in [0.29, 0.717) is 11.1 Å². The molecule has 0 spiro atoms. The quantitative estimate of drug-likeness (QED) is 0.626. The van der Waals surface area contributed by atoms with E-state index in [1.165, 1.54) is 29.2 Å². The molecule has 1 atom stereocenters. The third kappa shape index (κ3) is 4.78. The first kappa shape index (κ1) is 17.4. The second-order valence-corrected chi connectivity index (χ2v) is 5.35. The fourth-order valence-corrected chi connectivity index (χ4v) is 2.05. The Morgan fingerprint density at radius 2 is 1.79 bits per heavy atom. The van der Waals surface area contributed by atoms with Gasteiger partial charge in [0.25, 0.3) is 5.91 Å². The van der Waals surface area contributed by atoms with E-state index >= 15 is 0 Å². The summed E-state index contributed by atoms with van der Waals surface area (Å²) in [4.78, 5) is 25.7. The van der Waals surface area contributed by atoms with Crippen molar-refractivity contribution in [3.05, 3.63) is 77.6 Å². The molecular formula is C19H18FNO3. The highest BCUT2D eigenvalue weighted by molar-refractivity contribution is 5.90. The van der Waals surface area contributed by atoms with Gasteiger partial charge in [0, 0.05) is 25.7 Å². The molecule has 2 aromatic carbocycles. The molecule has 0 aliphatic heterocycles. The molecule has 0 radical (unpaired) electrons. The molecule has 0 heterocycles. The first-order valence-electron chi connectivity index (χ1n) is 7.38. The standard InChI is InChI=1S/C19H18FNO3/c1-21(2)19(23)18(15-8-4-3-5-9-15)24-17(22)12-11-14-7-6-10-16(20)13-14/h3-13,18H,1-2H3/b12-11+/t18-/m1/s1. The molecule has 0 aliphatic carbocycles. The SMILES string of the molecule is CN(C)C(=O)[C@H](OC(=O)/C=C/c1cccc(F)c1)c1ccccc1. The van der Waals surface area contributed by atoms with Crippen molar-refractivity contribution in [2.24, 2.45) is 0 Å². The van der Waals surface area contributed by atoms with Crippen molar-refractivity contribution in [2.45, 2.75) is 6.10 Å². The van der Waals surface area contributed by atoms with E-state index in [1.807, 2.05) is 6.07 Å². The fourth-order valence-electron chi connectivity index (χ4n) is 2.05. The first-order valence-corrected chi connectivity index (χ1v) is 7.38. The highest BCUT2D eigenvalue weighted by atomic mass is 19.1. The van der Waals surface area contributed by atoms with Gasteiger partial charge in [0.15, 0.2) is 0 Å². The Bertz CT molecular complexity index is 741. The van der Waals surface area contributed by atoms with Crippen molar-refractivity contribution >= 4 is 18.0 Å². The Morgan fingerprint density at radius 1 is 1.08 bits per heavy atom. The Kier molecular flexibility index (Phi) is 5.84. The fraction of sp³-hybridized carbons (Fsp3) is 0.158. The van der Waals surface area contributed by atoms with Gasteiger partial charge in [-0.2, -0.15) is 0 Å². The molecule has 124 valence electrons. The minimum atomic E-state index is -1.02. The van der Waals surface area contributed by atoms with Crippen molar-refractivity contribution in [3.8, 4) is 0 Å². The number of rotatable bonds is 5. The molecule has 4 nitrogen and oxygen atoms in total. The maximum Gasteiger partial charge on any atom is 0.331 e. The number of nitrogens with zero attached hydrogens (tertiary/aromatic N) is 1. The van der Waals surface area contributed by atoms with Crippen molar-refractivity contribution in [2.75, 3.05) is 14.1 Å². The number of amides is 1. The van der Waals surface area contributed by atoms with Crippen LogP contribution < -0.4 is 0 Å². The number of carbonyl (C=O) groups is 2. The smallest absolute Gasteiger partial charge is 0.331 e. The Balaban J connectivity index is 2.14. The Labute approximate surface area is 140 Å². The van der Waals surface area contributed by atoms with Crippen LogP contribution in [0.2, 0.25) is 0 Å². The average molecular weight is 327 g/mol. The lowest BCUT2D eigenvalue weighted by molar-refractivity contribution is -0.155. The summed E-state index contributed by atoms with van der Waals surface area (Å²) in [6, 6.07) is 14.6. The van der Waals surface area contributed by atoms with Crippen LogP contribution in [0.15, 0.2) is 60.7 Å². The zero-order valence-corrected chi connectivity index (χ0v) is 13.5. The lowest BCUT2D eigenvalue weighted by Crippen LogP contribution is -2.30. The summed E-state index contributed by atoms with van der Waals surface area (Å²) in [5, 5.41) is 0. The summed E-state index contributed by atoms with van der Waals surface area (Å²) in [5.74, 6) is -1.41. The second-order valence-electron chi connectivity index (χ2n) is 5.35. The molecule has 0 unspecified atom stereocenters. The van der Waals surface area contributed by atoms with Gasteiger partial charge in [-0.3, -0.25) is 4.79 Å². The van der Waals surface area contributed by atoms with E-state index in [2.05, 4.69) is 0 Å². The topological polar surface area (TPSA) is 46.6 Å². The lowest BCUT2D eigenvalue weighted by atomic mass is 10.1. The van der Waals surface area contributed by atoms with Gasteiger partial charge in [-0.05, 0) is 23.8 Å². The van der Waals surface area contributed by atoms with Crippen molar-refractivity contribution in [1.29, 1.82) is 0 Å². The molecule has 0 N–H and O–H groups in total. The summed E-state index contributed by atoms with van der Waals surface area (Å²) < 4.78 is 18.4. The predicted octanol–water partition coefficient (Wildman–Crippen LogP) is 3.21. The lowest BCUT2D eigenvalue weighted by Gasteiger charge is -2.20. The number of likely N-dealkylation sites (N-methyl/N-ethyl adjacent to an activating group) is 1. The van der Waals surface area contributed by atoms with Crippen molar-refractivity contribution in [3.63, 3.8) is 0 Å². The normalized spacial score (nSPS) is 12.0. The van der Waals surface area contributed by atoms with Crippen molar-refractivity contribution in [1.82, 2.24) is 4.90 Å². The van der Waals surface area contributed by atoms with E-state index in [0.717, 1.165) is 0 Å². The maximum absolute atomic E-state index is 13.1. The minimum absolute atomic E-state index is 0.339. The van der Waals surface area contributed by atoms with Crippen LogP contribution in [0.4, 0.5) is 4.39 Å². The largest absolute Gasteiger partial charge is 0.444 e. The van der Waals surface area contributed by atoms with Gasteiger partial charge in [0.2, 0.25) is 6.10 Å². The second kappa shape index (κ2) is 8.06. The summed E-state index contributed by atoms with van der Waals surface area (Å²) in [6.45, 7) is 0. The molecule has 5 heteroatoms. The average Bonchev–Trinajstić information content (AvgIpc) is 2.58. The van der Waals surface area contributed by atoms with E-state index in [4.69, 9.17) is 4.74 Å². The molecule has 0 saturated carbocycles. The molecule has 0 saturated heterocycles. The van der Waals surface area contributed by atoms with Gasteiger partial charge in [0.1, 0.15) is 5.82 Å². The van der Waals surface area contributed by atoms with Gasteiger partial charge in [-0.1, -0.05) is 42.5 Å². The van der Waals surface area contributed by atoms with Crippen LogP contribution >= 0.6 is 0 Å². The monoisotopic (exact) mass is 327 g/mol. The van der Waals surface area contributed by atoms with Crippen LogP contribution in [-0.4, -0.2) is 30.9 Å². The minimum Gasteiger partial charge on any atom is -0.444 e. The van der Waals surface area contributed by atoms with Crippen LogP contribution in [0, 0.1) is 5.82 Å². The molecule has 0 bridgehead atoms. The zero-order chi connectivity index (χ0) is 17.5. The summed E-state index contributed by atoms with van der Waals surface area (Å²) >= 11 is 0. The van der Waals surface area contributed by atoms with E-state index in [-0.39, 0.29) is 5.91 Å². The number of hydrogen-bond acceptors (Lipinski definition) is 3. The predicted molar refractivity (Wildman–Crippen MR) is 89.4 cm³/mol. The number of ether oxygens (including phenoxy) is 1. The molecule has 1 amide bonds. The van der Waals surface area contributed by atoms with Gasteiger partial charge in [-0.15, -0.1) is 0 Å². The van der Waals surface area contributed by atoms with Gasteiger partial charge >= 0.3 is 5.97 Å². The van der Waals surface area contributed by atoms with Crippen molar-refractivity contribution < 1.29 is 18.7 Å². The molecule has 0 aromatic heterocycles. The first-order chi connectivity index (χ1) is 11.5. The zero-order valence-electron chi connectivity index (χ0n) is 13.5. The summed E-state index contributed by atoms with van der Waals surface area (Å²) in [5.41, 5.74) is 1.12. The van der Waals surface area contributed by atoms with E-state index in [1.54, 1.807) is 50.5 Å². The molecule has 0 fully saturated rings. The van der Waals surface area contributed by atoms with Gasteiger partial charge in [-0.25, -0.2) is 9.18 Å². The third-order valence-corrected chi connectivity index (χ3v) is 3.26. The summed E-state index contributed by atoms with van der Waals surface area (Å²) in [7, 11) is 3.18. The van der Waals surface area contributed by atoms with Gasteiger partial charge in [0.05, 0.1) is 0 Å². The maximum atomic E-state index is 13.1. The molecule has 24 heavy (non-hydrogen) atoms. The highest BCUT2D eigenvalue weighted by Crippen LogP contribution is 2.20. The summed E-state index contributed by atoms with van der Waals surface area (Å²) in [6.07, 6.45) is 1.59. The Hall–Kier alpha value is -2.95. The van der Waals surface area contributed by atoms with Crippen LogP contribution in [0.25, 0.3) is 6.08 Å². The Morgan fingerprint density at radius 3 is 2.42 bits per heavy atom. The number of esters is 1. The number of halogens is 1. The molecular weight excluding hydrogens is 309 g/mol. The van der Waals surface area contributed by atoms with Crippen LogP contribution in [0.3, 0.4) is 0 Å². The number of carbonyl (C=O) groups excluding carboxylic acids is 2. The molecule has 0 aliphatic rings.